The van der Waals surface area contributed by atoms with Crippen LogP contribution < -0.4 is 5.32 Å². The minimum atomic E-state index is -0.0245. The van der Waals surface area contributed by atoms with E-state index in [0.29, 0.717) is 6.54 Å². The second kappa shape index (κ2) is 5.54. The topological polar surface area (TPSA) is 42.0 Å². The maximum atomic E-state index is 10.5. The normalized spacial score (nSPS) is 10.4. The highest BCUT2D eigenvalue weighted by Crippen LogP contribution is 2.07. The average Bonchev–Trinajstić information content (AvgIpc) is 2.15. The van der Waals surface area contributed by atoms with Gasteiger partial charge in [-0.05, 0) is 27.6 Å². The number of amides is 1. The van der Waals surface area contributed by atoms with Gasteiger partial charge in [0.25, 0.3) is 0 Å². The van der Waals surface area contributed by atoms with Gasteiger partial charge in [-0.2, -0.15) is 0 Å². The lowest BCUT2D eigenvalue weighted by atomic mass is 10.2. The van der Waals surface area contributed by atoms with Gasteiger partial charge in [-0.3, -0.25) is 4.79 Å². The van der Waals surface area contributed by atoms with Crippen LogP contribution in [0, 0.1) is 0 Å². The Bertz CT molecular complexity index is 332. The van der Waals surface area contributed by atoms with Crippen LogP contribution in [0.2, 0.25) is 0 Å². The van der Waals surface area contributed by atoms with Crippen molar-refractivity contribution < 1.29 is 4.79 Å². The second-order valence-corrected chi connectivity index (χ2v) is 3.57. The predicted octanol–water partition coefficient (Wildman–Crippen LogP) is 1.99. The number of carbonyl (C=O) groups excluding carboxylic acids is 1. The molecule has 14 heavy (non-hydrogen) atoms. The largest absolute Gasteiger partial charge is 0.353 e. The third kappa shape index (κ3) is 4.18. The summed E-state index contributed by atoms with van der Waals surface area (Å²) >= 11 is 3.25. The molecule has 0 radical (unpaired) electrons. The number of nitrogens with one attached hydrogen (secondary N) is 1. The zero-order valence-electron chi connectivity index (χ0n) is 7.83. The Morgan fingerprint density at radius 3 is 3.00 bits per heavy atom. The number of rotatable bonds is 3. The summed E-state index contributed by atoms with van der Waals surface area (Å²) in [4.78, 5) is 14.6. The first kappa shape index (κ1) is 10.9. The number of carbonyl (C=O) groups is 1. The second-order valence-electron chi connectivity index (χ2n) is 2.75. The van der Waals surface area contributed by atoms with Crippen molar-refractivity contribution in [3.8, 4) is 0 Å². The summed E-state index contributed by atoms with van der Waals surface area (Å²) in [5.41, 5.74) is 1.01. The van der Waals surface area contributed by atoms with Gasteiger partial charge < -0.3 is 5.32 Å². The molecule has 1 N–H and O–H groups in total. The highest BCUT2D eigenvalue weighted by Gasteiger charge is 1.88. The minimum Gasteiger partial charge on any atom is -0.353 e. The number of nitrogens with zero attached hydrogens (tertiary/aromatic N) is 1. The molecule has 0 spiro atoms. The lowest BCUT2D eigenvalue weighted by molar-refractivity contribution is -0.118. The smallest absolute Gasteiger partial charge is 0.217 e. The molecule has 1 amide bonds. The summed E-state index contributed by atoms with van der Waals surface area (Å²) in [7, 11) is 0. The van der Waals surface area contributed by atoms with Crippen LogP contribution in [-0.2, 0) is 4.79 Å². The lowest BCUT2D eigenvalue weighted by Gasteiger charge is -1.95. The van der Waals surface area contributed by atoms with E-state index in [1.54, 1.807) is 6.20 Å². The van der Waals surface area contributed by atoms with Crippen LogP contribution in [0.5, 0.6) is 0 Å². The monoisotopic (exact) mass is 254 g/mol. The molecule has 0 aliphatic carbocycles. The maximum absolute atomic E-state index is 10.5. The number of hydrogen-bond acceptors (Lipinski definition) is 2. The summed E-state index contributed by atoms with van der Waals surface area (Å²) in [6.45, 7) is 2.04. The molecule has 0 aliphatic rings. The van der Waals surface area contributed by atoms with Crippen LogP contribution in [-0.4, -0.2) is 17.4 Å². The first-order valence-electron chi connectivity index (χ1n) is 4.21. The third-order valence-corrected chi connectivity index (χ3v) is 2.00. The van der Waals surface area contributed by atoms with Gasteiger partial charge in [0, 0.05) is 19.7 Å². The summed E-state index contributed by atoms with van der Waals surface area (Å²) in [6.07, 6.45) is 5.55. The van der Waals surface area contributed by atoms with Crippen LogP contribution >= 0.6 is 15.9 Å². The molecule has 0 aromatic carbocycles. The molecule has 0 aliphatic heterocycles. The Labute approximate surface area is 91.4 Å². The number of pyridine rings is 1. The van der Waals surface area contributed by atoms with E-state index in [2.05, 4.69) is 26.2 Å². The van der Waals surface area contributed by atoms with Gasteiger partial charge in [-0.15, -0.1) is 0 Å². The molecule has 0 atom stereocenters. The van der Waals surface area contributed by atoms with Crippen LogP contribution in [0.1, 0.15) is 12.5 Å². The fraction of sp³-hybridized carbons (Fsp3) is 0.200. The number of aromatic nitrogens is 1. The SMILES string of the molecule is CC(=O)NCC=Cc1ccc(Br)nc1. The Morgan fingerprint density at radius 2 is 2.43 bits per heavy atom. The van der Waals surface area contributed by atoms with Gasteiger partial charge in [0.1, 0.15) is 4.60 Å². The lowest BCUT2D eigenvalue weighted by Crippen LogP contribution is -2.19. The van der Waals surface area contributed by atoms with E-state index in [1.165, 1.54) is 6.92 Å². The third-order valence-electron chi connectivity index (χ3n) is 1.53. The van der Waals surface area contributed by atoms with E-state index in [9.17, 15) is 4.79 Å². The van der Waals surface area contributed by atoms with Crippen LogP contribution in [0.3, 0.4) is 0 Å². The van der Waals surface area contributed by atoms with Crippen molar-refractivity contribution in [1.29, 1.82) is 0 Å². The Balaban J connectivity index is 2.44. The molecule has 0 saturated heterocycles. The number of hydrogen-bond donors (Lipinski definition) is 1. The summed E-state index contributed by atoms with van der Waals surface area (Å²) in [6, 6.07) is 3.82. The van der Waals surface area contributed by atoms with Crippen LogP contribution in [0.25, 0.3) is 6.08 Å². The highest BCUT2D eigenvalue weighted by molar-refractivity contribution is 9.10. The highest BCUT2D eigenvalue weighted by atomic mass is 79.9. The molecule has 74 valence electrons. The Kier molecular flexibility index (Phi) is 4.32. The number of halogens is 1. The van der Waals surface area contributed by atoms with Gasteiger partial charge >= 0.3 is 0 Å². The van der Waals surface area contributed by atoms with Gasteiger partial charge in [-0.1, -0.05) is 18.2 Å². The summed E-state index contributed by atoms with van der Waals surface area (Å²) in [5.74, 6) is -0.0245. The van der Waals surface area contributed by atoms with Crippen molar-refractivity contribution in [2.75, 3.05) is 6.54 Å². The molecule has 1 aromatic rings. The molecule has 1 heterocycles. The van der Waals surface area contributed by atoms with Gasteiger partial charge in [-0.25, -0.2) is 4.98 Å². The van der Waals surface area contributed by atoms with Crippen molar-refractivity contribution in [2.45, 2.75) is 6.92 Å². The molecule has 0 unspecified atom stereocenters. The zero-order valence-corrected chi connectivity index (χ0v) is 9.41. The first-order valence-corrected chi connectivity index (χ1v) is 5.00. The fourth-order valence-electron chi connectivity index (χ4n) is 0.884. The van der Waals surface area contributed by atoms with Crippen LogP contribution in [0.4, 0.5) is 0 Å². The molecular weight excluding hydrogens is 244 g/mol. The minimum absolute atomic E-state index is 0.0245. The predicted molar refractivity (Wildman–Crippen MR) is 59.7 cm³/mol. The molecule has 0 bridgehead atoms. The molecule has 3 nitrogen and oxygen atoms in total. The van der Waals surface area contributed by atoms with Crippen molar-refractivity contribution >= 4 is 27.9 Å². The molecule has 1 rings (SSSR count). The van der Waals surface area contributed by atoms with Crippen molar-refractivity contribution in [1.82, 2.24) is 10.3 Å². The fourth-order valence-corrected chi connectivity index (χ4v) is 1.12. The Hall–Kier alpha value is -1.16. The molecule has 4 heteroatoms. The molecule has 0 fully saturated rings. The van der Waals surface area contributed by atoms with Crippen molar-refractivity contribution in [2.24, 2.45) is 0 Å². The summed E-state index contributed by atoms with van der Waals surface area (Å²) < 4.78 is 0.816. The van der Waals surface area contributed by atoms with E-state index in [4.69, 9.17) is 0 Å². The molecular formula is C10H11BrN2O. The zero-order chi connectivity index (χ0) is 10.4. The van der Waals surface area contributed by atoms with Crippen LogP contribution in [0.15, 0.2) is 29.0 Å². The van der Waals surface area contributed by atoms with Gasteiger partial charge in [0.2, 0.25) is 5.91 Å². The first-order chi connectivity index (χ1) is 6.68. The van der Waals surface area contributed by atoms with E-state index >= 15 is 0 Å². The van der Waals surface area contributed by atoms with E-state index in [0.717, 1.165) is 10.2 Å². The van der Waals surface area contributed by atoms with E-state index < -0.39 is 0 Å². The van der Waals surface area contributed by atoms with Gasteiger partial charge in [0.05, 0.1) is 0 Å². The van der Waals surface area contributed by atoms with E-state index in [1.807, 2.05) is 24.3 Å². The van der Waals surface area contributed by atoms with Crippen molar-refractivity contribution in [3.05, 3.63) is 34.6 Å². The standard InChI is InChI=1S/C10H11BrN2O/c1-8(14)12-6-2-3-9-4-5-10(11)13-7-9/h2-5,7H,6H2,1H3,(H,12,14). The molecule has 0 saturated carbocycles. The van der Waals surface area contributed by atoms with Gasteiger partial charge in [0.15, 0.2) is 0 Å². The Morgan fingerprint density at radius 1 is 1.64 bits per heavy atom. The van der Waals surface area contributed by atoms with Crippen molar-refractivity contribution in [3.63, 3.8) is 0 Å². The summed E-state index contributed by atoms with van der Waals surface area (Å²) in [5, 5.41) is 2.67. The molecule has 1 aromatic heterocycles. The average molecular weight is 255 g/mol. The quantitative estimate of drug-likeness (QED) is 0.839. The van der Waals surface area contributed by atoms with E-state index in [-0.39, 0.29) is 5.91 Å². The maximum Gasteiger partial charge on any atom is 0.217 e.